The van der Waals surface area contributed by atoms with E-state index < -0.39 is 11.5 Å². The van der Waals surface area contributed by atoms with Gasteiger partial charge in [-0.1, -0.05) is 0 Å². The van der Waals surface area contributed by atoms with Gasteiger partial charge in [0.15, 0.2) is 0 Å². The number of ether oxygens (including phenoxy) is 1. The lowest BCUT2D eigenvalue weighted by atomic mass is 10.1. The fourth-order valence-corrected chi connectivity index (χ4v) is 0.895. The minimum Gasteiger partial charge on any atom is -0.460 e. The van der Waals surface area contributed by atoms with Gasteiger partial charge in [-0.3, -0.25) is 4.98 Å². The highest BCUT2D eigenvalue weighted by Crippen LogP contribution is 2.06. The van der Waals surface area contributed by atoms with Gasteiger partial charge in [-0.05, 0) is 37.8 Å². The minimum atomic E-state index is -0.445. The largest absolute Gasteiger partial charge is 0.460 e. The van der Waals surface area contributed by atoms with Crippen LogP contribution in [-0.2, 0) is 4.74 Å². The Kier molecular flexibility index (Phi) is 6.33. The molecule has 4 nitrogen and oxygen atoms in total. The van der Waals surface area contributed by atoms with Crippen molar-refractivity contribution >= 4 is 30.2 Å². The molecule has 0 saturated heterocycles. The van der Waals surface area contributed by atoms with Crippen LogP contribution in [0.25, 0.3) is 0 Å². The van der Waals surface area contributed by atoms with Crippen molar-refractivity contribution in [2.24, 2.45) is 0 Å². The van der Waals surface area contributed by atoms with Gasteiger partial charge in [-0.15, -0.1) is 12.4 Å². The number of pyridine rings is 1. The predicted molar refractivity (Wildman–Crippen MR) is 64.8 cm³/mol. The Morgan fingerprint density at radius 3 is 2.81 bits per heavy atom. The number of halogens is 2. The van der Waals surface area contributed by atoms with Crippen molar-refractivity contribution in [2.75, 3.05) is 6.61 Å². The zero-order valence-electron chi connectivity index (χ0n) is 9.07. The van der Waals surface area contributed by atoms with Gasteiger partial charge in [-0.2, -0.15) is 0 Å². The molecule has 1 aromatic heterocycles. The molecule has 0 radical (unpaired) electrons. The van der Waals surface area contributed by atoms with E-state index in [9.17, 15) is 4.79 Å². The van der Waals surface area contributed by atoms with E-state index in [1.807, 2.05) is 13.8 Å². The molecule has 6 heteroatoms. The van der Waals surface area contributed by atoms with Crippen molar-refractivity contribution in [3.05, 3.63) is 30.1 Å². The van der Waals surface area contributed by atoms with E-state index in [1.165, 1.54) is 6.20 Å². The fraction of sp³-hybridized carbons (Fsp3) is 0.400. The highest BCUT2D eigenvalue weighted by molar-refractivity contribution is 6.13. The molecule has 0 aliphatic heterocycles. The number of carbonyl (C=O) groups is 1. The van der Waals surface area contributed by atoms with E-state index in [-0.39, 0.29) is 19.0 Å². The molecule has 0 saturated carbocycles. The van der Waals surface area contributed by atoms with Crippen LogP contribution in [0, 0.1) is 0 Å². The average Bonchev–Trinajstić information content (AvgIpc) is 2.27. The quantitative estimate of drug-likeness (QED) is 0.669. The van der Waals surface area contributed by atoms with E-state index in [0.717, 1.165) is 0 Å². The van der Waals surface area contributed by atoms with Gasteiger partial charge in [0.1, 0.15) is 6.61 Å². The van der Waals surface area contributed by atoms with Crippen molar-refractivity contribution < 1.29 is 9.53 Å². The topological polar surface area (TPSA) is 51.2 Å². The monoisotopic (exact) mass is 264 g/mol. The molecule has 0 amide bonds. The standard InChI is InChI=1S/C10H13ClN2O2.ClH/c1-10(2,13-11)7-15-9(14)8-4-3-5-12-6-8;/h3-6,13H,7H2,1-2H3;1H. The number of hydrogen-bond donors (Lipinski definition) is 1. The highest BCUT2D eigenvalue weighted by atomic mass is 35.5. The van der Waals surface area contributed by atoms with E-state index in [0.29, 0.717) is 5.56 Å². The molecular weight excluding hydrogens is 251 g/mol. The van der Waals surface area contributed by atoms with Gasteiger partial charge in [0.05, 0.1) is 11.1 Å². The molecule has 0 atom stereocenters. The first-order valence-corrected chi connectivity index (χ1v) is 4.88. The van der Waals surface area contributed by atoms with Crippen LogP contribution in [0.4, 0.5) is 0 Å². The van der Waals surface area contributed by atoms with Crippen LogP contribution in [0.15, 0.2) is 24.5 Å². The number of nitrogens with zero attached hydrogens (tertiary/aromatic N) is 1. The first-order valence-electron chi connectivity index (χ1n) is 4.50. The second kappa shape index (κ2) is 6.68. The maximum Gasteiger partial charge on any atom is 0.339 e. The summed E-state index contributed by atoms with van der Waals surface area (Å²) in [6.07, 6.45) is 3.06. The van der Waals surface area contributed by atoms with E-state index in [1.54, 1.807) is 18.3 Å². The lowest BCUT2D eigenvalue weighted by molar-refractivity contribution is 0.0420. The number of rotatable bonds is 4. The number of nitrogens with one attached hydrogen (secondary N) is 1. The van der Waals surface area contributed by atoms with Crippen molar-refractivity contribution in [3.8, 4) is 0 Å². The summed E-state index contributed by atoms with van der Waals surface area (Å²) < 4.78 is 5.06. The Labute approximate surface area is 106 Å². The summed E-state index contributed by atoms with van der Waals surface area (Å²) in [5, 5.41) is 0. The van der Waals surface area contributed by atoms with E-state index in [2.05, 4.69) is 9.82 Å². The average molecular weight is 265 g/mol. The van der Waals surface area contributed by atoms with Gasteiger partial charge in [0.2, 0.25) is 0 Å². The predicted octanol–water partition coefficient (Wildman–Crippen LogP) is 2.18. The summed E-state index contributed by atoms with van der Waals surface area (Å²) in [6, 6.07) is 3.33. The molecule has 1 aromatic rings. The summed E-state index contributed by atoms with van der Waals surface area (Å²) in [4.78, 5) is 17.8. The van der Waals surface area contributed by atoms with Crippen LogP contribution in [0.3, 0.4) is 0 Å². The van der Waals surface area contributed by atoms with E-state index >= 15 is 0 Å². The summed E-state index contributed by atoms with van der Waals surface area (Å²) in [5.74, 6) is -0.400. The molecule has 0 fully saturated rings. The molecule has 1 N–H and O–H groups in total. The first kappa shape index (κ1) is 15.2. The Bertz CT molecular complexity index is 331. The van der Waals surface area contributed by atoms with Crippen LogP contribution in [0.2, 0.25) is 0 Å². The number of esters is 1. The minimum absolute atomic E-state index is 0. The van der Waals surface area contributed by atoms with Crippen molar-refractivity contribution in [1.29, 1.82) is 0 Å². The molecule has 0 aliphatic carbocycles. The van der Waals surface area contributed by atoms with Crippen molar-refractivity contribution in [1.82, 2.24) is 9.82 Å². The molecule has 0 spiro atoms. The molecule has 0 bridgehead atoms. The summed E-state index contributed by atoms with van der Waals surface area (Å²) in [7, 11) is 0. The lowest BCUT2D eigenvalue weighted by Crippen LogP contribution is -2.38. The second-order valence-electron chi connectivity index (χ2n) is 3.80. The zero-order valence-corrected chi connectivity index (χ0v) is 10.6. The lowest BCUT2D eigenvalue weighted by Gasteiger charge is -2.21. The van der Waals surface area contributed by atoms with Gasteiger partial charge in [0.25, 0.3) is 0 Å². The molecule has 90 valence electrons. The van der Waals surface area contributed by atoms with Crippen LogP contribution in [-0.4, -0.2) is 23.1 Å². The molecule has 1 heterocycles. The van der Waals surface area contributed by atoms with Gasteiger partial charge >= 0.3 is 5.97 Å². The summed E-state index contributed by atoms with van der Waals surface area (Å²) in [6.45, 7) is 3.86. The maximum absolute atomic E-state index is 11.5. The third-order valence-electron chi connectivity index (χ3n) is 1.72. The Morgan fingerprint density at radius 1 is 1.62 bits per heavy atom. The Hall–Kier alpha value is -0.840. The van der Waals surface area contributed by atoms with Crippen LogP contribution in [0.5, 0.6) is 0 Å². The number of aromatic nitrogens is 1. The van der Waals surface area contributed by atoms with Crippen LogP contribution in [0.1, 0.15) is 24.2 Å². The second-order valence-corrected chi connectivity index (χ2v) is 3.99. The van der Waals surface area contributed by atoms with Crippen LogP contribution >= 0.6 is 24.2 Å². The molecular formula is C10H14Cl2N2O2. The SMILES string of the molecule is CC(C)(COC(=O)c1cccnc1)NCl.Cl. The van der Waals surface area contributed by atoms with Crippen LogP contribution < -0.4 is 4.84 Å². The van der Waals surface area contributed by atoms with Gasteiger partial charge in [-0.25, -0.2) is 9.63 Å². The Morgan fingerprint density at radius 2 is 2.31 bits per heavy atom. The molecule has 0 aromatic carbocycles. The normalized spacial score (nSPS) is 10.4. The maximum atomic E-state index is 11.5. The van der Waals surface area contributed by atoms with Gasteiger partial charge < -0.3 is 4.74 Å². The third kappa shape index (κ3) is 4.79. The first-order chi connectivity index (χ1) is 7.05. The number of carbonyl (C=O) groups excluding carboxylic acids is 1. The van der Waals surface area contributed by atoms with E-state index in [4.69, 9.17) is 16.5 Å². The number of hydrogen-bond acceptors (Lipinski definition) is 4. The summed E-state index contributed by atoms with van der Waals surface area (Å²) in [5.41, 5.74) is -0.0118. The summed E-state index contributed by atoms with van der Waals surface area (Å²) >= 11 is 5.47. The van der Waals surface area contributed by atoms with Gasteiger partial charge in [0, 0.05) is 12.4 Å². The highest BCUT2D eigenvalue weighted by Gasteiger charge is 2.19. The smallest absolute Gasteiger partial charge is 0.339 e. The zero-order chi connectivity index (χ0) is 11.3. The Balaban J connectivity index is 0.00000225. The molecule has 0 unspecified atom stereocenters. The molecule has 0 aliphatic rings. The molecule has 1 rings (SSSR count). The van der Waals surface area contributed by atoms with Crippen molar-refractivity contribution in [2.45, 2.75) is 19.4 Å². The third-order valence-corrected chi connectivity index (χ3v) is 2.23. The fourth-order valence-electron chi connectivity index (χ4n) is 0.840. The van der Waals surface area contributed by atoms with Crippen molar-refractivity contribution in [3.63, 3.8) is 0 Å². The molecule has 16 heavy (non-hydrogen) atoms.